The summed E-state index contributed by atoms with van der Waals surface area (Å²) in [6.45, 7) is 1.44. The summed E-state index contributed by atoms with van der Waals surface area (Å²) in [6, 6.07) is 7.28. The highest BCUT2D eigenvalue weighted by atomic mass is 35.5. The second-order valence-corrected chi connectivity index (χ2v) is 7.21. The maximum Gasteiger partial charge on any atom is 0.207 e. The van der Waals surface area contributed by atoms with E-state index in [1.807, 2.05) is 10.6 Å². The quantitative estimate of drug-likeness (QED) is 0.726. The summed E-state index contributed by atoms with van der Waals surface area (Å²) in [6.07, 6.45) is 2.64. The zero-order valence-electron chi connectivity index (χ0n) is 15.3. The van der Waals surface area contributed by atoms with Gasteiger partial charge in [0.05, 0.1) is 40.3 Å². The van der Waals surface area contributed by atoms with E-state index in [0.29, 0.717) is 42.5 Å². The van der Waals surface area contributed by atoms with Gasteiger partial charge in [0.2, 0.25) is 5.95 Å². The number of imidazole rings is 1. The smallest absolute Gasteiger partial charge is 0.207 e. The van der Waals surface area contributed by atoms with Crippen molar-refractivity contribution in [1.82, 2.24) is 24.8 Å². The predicted octanol–water partition coefficient (Wildman–Crippen LogP) is 2.54. The van der Waals surface area contributed by atoms with Crippen LogP contribution in [0.2, 0.25) is 5.02 Å². The molecule has 0 unspecified atom stereocenters. The molecule has 1 N–H and O–H groups in total. The van der Waals surface area contributed by atoms with E-state index in [0.717, 1.165) is 17.0 Å². The van der Waals surface area contributed by atoms with Gasteiger partial charge in [-0.3, -0.25) is 0 Å². The molecule has 3 heterocycles. The summed E-state index contributed by atoms with van der Waals surface area (Å²) >= 11 is 5.90. The van der Waals surface area contributed by atoms with E-state index in [2.05, 4.69) is 26.3 Å². The van der Waals surface area contributed by atoms with Crippen LogP contribution in [-0.4, -0.2) is 51.9 Å². The van der Waals surface area contributed by atoms with Crippen molar-refractivity contribution in [3.63, 3.8) is 0 Å². The molecule has 3 aromatic rings. The molecule has 0 saturated carbocycles. The van der Waals surface area contributed by atoms with E-state index < -0.39 is 6.17 Å². The monoisotopic (exact) mass is 399 g/mol. The largest absolute Gasteiger partial charge is 0.340 e. The molecule has 9 heteroatoms. The number of rotatable bonds is 4. The number of fused-ring (bicyclic) bond motifs is 1. The maximum absolute atomic E-state index is 14.1. The summed E-state index contributed by atoms with van der Waals surface area (Å²) in [5.74, 6) is 1.30. The Morgan fingerprint density at radius 3 is 2.86 bits per heavy atom. The lowest BCUT2D eigenvalue weighted by Crippen LogP contribution is -2.51. The molecule has 2 atom stereocenters. The Balaban J connectivity index is 1.78. The van der Waals surface area contributed by atoms with Gasteiger partial charge in [0.1, 0.15) is 12.0 Å². The maximum atomic E-state index is 14.1. The number of anilines is 1. The molecule has 0 radical (unpaired) electrons. The number of alkyl halides is 1. The summed E-state index contributed by atoms with van der Waals surface area (Å²) in [7, 11) is 1.77. The number of halogens is 2. The summed E-state index contributed by atoms with van der Waals surface area (Å²) < 4.78 is 16.1. The van der Waals surface area contributed by atoms with Crippen LogP contribution in [0.15, 0.2) is 30.6 Å². The lowest BCUT2D eigenvalue weighted by molar-refractivity contribution is 0.221. The van der Waals surface area contributed by atoms with E-state index in [4.69, 9.17) is 16.6 Å². The molecule has 144 valence electrons. The number of nitrogens with one attached hydrogen (secondary N) is 1. The second-order valence-electron chi connectivity index (χ2n) is 6.78. The van der Waals surface area contributed by atoms with Crippen molar-refractivity contribution < 1.29 is 4.39 Å². The Hall–Kier alpha value is -2.76. The van der Waals surface area contributed by atoms with Crippen molar-refractivity contribution in [2.75, 3.05) is 25.0 Å². The summed E-state index contributed by atoms with van der Waals surface area (Å²) in [5, 5.41) is 12.8. The van der Waals surface area contributed by atoms with Crippen LogP contribution < -0.4 is 10.2 Å². The molecule has 2 aromatic heterocycles. The first-order chi connectivity index (χ1) is 13.6. The van der Waals surface area contributed by atoms with Gasteiger partial charge < -0.3 is 14.8 Å². The molecule has 1 fully saturated rings. The Kier molecular flexibility index (Phi) is 5.11. The van der Waals surface area contributed by atoms with Gasteiger partial charge >= 0.3 is 0 Å². The van der Waals surface area contributed by atoms with Gasteiger partial charge in [0.25, 0.3) is 0 Å². The molecule has 1 aliphatic rings. The molecule has 7 nitrogen and oxygen atoms in total. The highest BCUT2D eigenvalue weighted by Crippen LogP contribution is 2.27. The highest BCUT2D eigenvalue weighted by molar-refractivity contribution is 6.30. The molecular weight excluding hydrogens is 381 g/mol. The van der Waals surface area contributed by atoms with E-state index in [9.17, 15) is 9.65 Å². The molecule has 0 bridgehead atoms. The van der Waals surface area contributed by atoms with Gasteiger partial charge in [-0.2, -0.15) is 5.26 Å². The molecule has 0 aliphatic carbocycles. The second kappa shape index (κ2) is 7.70. The first-order valence-electron chi connectivity index (χ1n) is 9.02. The average molecular weight is 400 g/mol. The summed E-state index contributed by atoms with van der Waals surface area (Å²) in [5.41, 5.74) is 2.13. The van der Waals surface area contributed by atoms with Crippen molar-refractivity contribution in [3.8, 4) is 6.07 Å². The average Bonchev–Trinajstić information content (AvgIpc) is 3.07. The minimum atomic E-state index is -0.885. The number of hydrogen-bond acceptors (Lipinski definition) is 6. The fraction of sp³-hybridized carbons (Fsp3) is 0.368. The van der Waals surface area contributed by atoms with Crippen molar-refractivity contribution in [2.45, 2.75) is 25.2 Å². The van der Waals surface area contributed by atoms with E-state index in [1.54, 1.807) is 31.6 Å². The number of nitriles is 1. The van der Waals surface area contributed by atoms with Crippen molar-refractivity contribution in [1.29, 1.82) is 5.26 Å². The molecule has 28 heavy (non-hydrogen) atoms. The third kappa shape index (κ3) is 3.51. The highest BCUT2D eigenvalue weighted by Gasteiger charge is 2.30. The molecule has 0 amide bonds. The number of likely N-dealkylation sites (N-methyl/N-ethyl adjacent to an activating group) is 1. The minimum absolute atomic E-state index is 0.261. The standard InChI is InChI=1S/C19H19ClFN7/c1-23-16-10-27(5-4-14(16)21)19-26-15-3-2-12(7-22)6-17(15)28(19)11-18-24-8-13(20)9-25-18/h2-3,6,8-9,14,16,23H,4-5,10-11H2,1H3/t14-,16-/m1/s1. The Bertz CT molecular complexity index is 1030. The SMILES string of the molecule is CN[C@@H]1CN(c2nc3ccc(C#N)cc3n2Cc2ncc(Cl)cn2)CC[C@H]1F. The fourth-order valence-corrected chi connectivity index (χ4v) is 3.61. The predicted molar refractivity (Wildman–Crippen MR) is 105 cm³/mol. The van der Waals surface area contributed by atoms with Crippen LogP contribution in [0.4, 0.5) is 10.3 Å². The van der Waals surface area contributed by atoms with Gasteiger partial charge in [-0.05, 0) is 31.7 Å². The van der Waals surface area contributed by atoms with Crippen LogP contribution in [0.25, 0.3) is 11.0 Å². The molecule has 1 aliphatic heterocycles. The van der Waals surface area contributed by atoms with Crippen LogP contribution in [0.3, 0.4) is 0 Å². The number of nitrogens with zero attached hydrogens (tertiary/aromatic N) is 6. The third-order valence-electron chi connectivity index (χ3n) is 5.01. The molecule has 0 spiro atoms. The number of hydrogen-bond donors (Lipinski definition) is 1. The minimum Gasteiger partial charge on any atom is -0.340 e. The van der Waals surface area contributed by atoms with E-state index in [1.165, 1.54) is 0 Å². The van der Waals surface area contributed by atoms with Crippen molar-refractivity contribution in [3.05, 3.63) is 47.0 Å². The van der Waals surface area contributed by atoms with Crippen LogP contribution in [0.5, 0.6) is 0 Å². The van der Waals surface area contributed by atoms with E-state index in [-0.39, 0.29) is 6.04 Å². The molecule has 1 aromatic carbocycles. The van der Waals surface area contributed by atoms with Crippen LogP contribution in [-0.2, 0) is 6.54 Å². The fourth-order valence-electron chi connectivity index (χ4n) is 3.52. The Morgan fingerprint density at radius 2 is 2.14 bits per heavy atom. The Labute approximate surface area is 166 Å². The van der Waals surface area contributed by atoms with Gasteiger partial charge in [-0.15, -0.1) is 0 Å². The van der Waals surface area contributed by atoms with Crippen LogP contribution in [0.1, 0.15) is 17.8 Å². The zero-order chi connectivity index (χ0) is 19.7. The lowest BCUT2D eigenvalue weighted by Gasteiger charge is -2.35. The van der Waals surface area contributed by atoms with Crippen molar-refractivity contribution >= 4 is 28.6 Å². The molecular formula is C19H19ClFN7. The zero-order valence-corrected chi connectivity index (χ0v) is 16.1. The number of piperidine rings is 1. The number of aromatic nitrogens is 4. The Morgan fingerprint density at radius 1 is 1.36 bits per heavy atom. The summed E-state index contributed by atoms with van der Waals surface area (Å²) in [4.78, 5) is 15.4. The topological polar surface area (TPSA) is 82.7 Å². The van der Waals surface area contributed by atoms with Gasteiger partial charge in [0.15, 0.2) is 0 Å². The van der Waals surface area contributed by atoms with Crippen LogP contribution in [0, 0.1) is 11.3 Å². The van der Waals surface area contributed by atoms with Crippen molar-refractivity contribution in [2.24, 2.45) is 0 Å². The van der Waals surface area contributed by atoms with Gasteiger partial charge in [0, 0.05) is 25.5 Å². The molecule has 1 saturated heterocycles. The third-order valence-corrected chi connectivity index (χ3v) is 5.21. The van der Waals surface area contributed by atoms with Gasteiger partial charge in [-0.25, -0.2) is 19.3 Å². The first kappa shape index (κ1) is 18.6. The van der Waals surface area contributed by atoms with Gasteiger partial charge in [-0.1, -0.05) is 11.6 Å². The number of benzene rings is 1. The first-order valence-corrected chi connectivity index (χ1v) is 9.40. The molecule has 4 rings (SSSR count). The van der Waals surface area contributed by atoms with E-state index >= 15 is 0 Å². The normalized spacial score (nSPS) is 19.7. The lowest BCUT2D eigenvalue weighted by atomic mass is 10.0. The van der Waals surface area contributed by atoms with Crippen LogP contribution >= 0.6 is 11.6 Å².